The number of rotatable bonds is 7. The number of hydrogen-bond acceptors (Lipinski definition) is 7. The van der Waals surface area contributed by atoms with Gasteiger partial charge in [0.1, 0.15) is 0 Å². The molecule has 0 bridgehead atoms. The molecule has 132 valence electrons. The lowest BCUT2D eigenvalue weighted by molar-refractivity contribution is -0.116. The van der Waals surface area contributed by atoms with Crippen molar-refractivity contribution in [2.24, 2.45) is 0 Å². The number of thioether (sulfide) groups is 1. The molecule has 0 atom stereocenters. The molecule has 2 aromatic heterocycles. The van der Waals surface area contributed by atoms with Gasteiger partial charge in [0.25, 0.3) is 11.1 Å². The summed E-state index contributed by atoms with van der Waals surface area (Å²) in [5.41, 5.74) is 1.89. The summed E-state index contributed by atoms with van der Waals surface area (Å²) in [6.45, 7) is 2.34. The van der Waals surface area contributed by atoms with Crippen molar-refractivity contribution in [3.05, 3.63) is 47.3 Å². The molecule has 6 nitrogen and oxygen atoms in total. The van der Waals surface area contributed by atoms with Crippen LogP contribution in [0.5, 0.6) is 0 Å². The Labute approximate surface area is 159 Å². The first-order valence-corrected chi connectivity index (χ1v) is 9.78. The highest BCUT2D eigenvalue weighted by atomic mass is 32.2. The Kier molecular flexibility index (Phi) is 6.04. The number of carbonyl (C=O) groups is 1. The number of benzene rings is 1. The third-order valence-electron chi connectivity index (χ3n) is 3.55. The van der Waals surface area contributed by atoms with Crippen molar-refractivity contribution in [2.45, 2.75) is 18.6 Å². The SMILES string of the molecule is Cc1ccc(N(CCC#N)C(=O)CSc2nnc(-c3cccs3)o2)cc1. The molecule has 0 saturated heterocycles. The van der Waals surface area contributed by atoms with Crippen LogP contribution < -0.4 is 4.90 Å². The van der Waals surface area contributed by atoms with Gasteiger partial charge < -0.3 is 9.32 Å². The zero-order valence-corrected chi connectivity index (χ0v) is 15.7. The highest BCUT2D eigenvalue weighted by molar-refractivity contribution is 7.99. The summed E-state index contributed by atoms with van der Waals surface area (Å²) in [5, 5.41) is 19.1. The van der Waals surface area contributed by atoms with Crippen LogP contribution in [0.2, 0.25) is 0 Å². The molecule has 0 aliphatic carbocycles. The largest absolute Gasteiger partial charge is 0.410 e. The van der Waals surface area contributed by atoms with Gasteiger partial charge in [-0.15, -0.1) is 21.5 Å². The van der Waals surface area contributed by atoms with E-state index in [1.54, 1.807) is 4.90 Å². The molecule has 3 aromatic rings. The van der Waals surface area contributed by atoms with Crippen LogP contribution in [0.4, 0.5) is 5.69 Å². The van der Waals surface area contributed by atoms with Crippen LogP contribution in [-0.2, 0) is 4.79 Å². The van der Waals surface area contributed by atoms with Crippen LogP contribution in [0, 0.1) is 18.3 Å². The van der Waals surface area contributed by atoms with Crippen molar-refractivity contribution in [3.8, 4) is 16.8 Å². The maximum absolute atomic E-state index is 12.7. The van der Waals surface area contributed by atoms with E-state index in [9.17, 15) is 4.79 Å². The Hall–Kier alpha value is -2.63. The third-order valence-corrected chi connectivity index (χ3v) is 5.21. The molecule has 3 rings (SSSR count). The summed E-state index contributed by atoms with van der Waals surface area (Å²) < 4.78 is 5.59. The zero-order chi connectivity index (χ0) is 18.4. The average Bonchev–Trinajstić information content (AvgIpc) is 3.33. The third kappa shape index (κ3) is 4.50. The fraction of sp³-hybridized carbons (Fsp3) is 0.222. The van der Waals surface area contributed by atoms with Crippen molar-refractivity contribution in [2.75, 3.05) is 17.2 Å². The van der Waals surface area contributed by atoms with Gasteiger partial charge in [-0.25, -0.2) is 0 Å². The second-order valence-electron chi connectivity index (χ2n) is 5.43. The van der Waals surface area contributed by atoms with E-state index in [1.165, 1.54) is 23.1 Å². The van der Waals surface area contributed by atoms with Gasteiger partial charge in [-0.3, -0.25) is 4.79 Å². The minimum atomic E-state index is -0.107. The van der Waals surface area contributed by atoms with Crippen molar-refractivity contribution in [1.29, 1.82) is 5.26 Å². The minimum Gasteiger partial charge on any atom is -0.410 e. The van der Waals surface area contributed by atoms with E-state index in [0.29, 0.717) is 17.7 Å². The number of aromatic nitrogens is 2. The number of aryl methyl sites for hydroxylation is 1. The molecule has 0 unspecified atom stereocenters. The van der Waals surface area contributed by atoms with Crippen molar-refractivity contribution in [1.82, 2.24) is 10.2 Å². The lowest BCUT2D eigenvalue weighted by Crippen LogP contribution is -2.33. The summed E-state index contributed by atoms with van der Waals surface area (Å²) in [6, 6.07) is 13.6. The number of nitriles is 1. The Bertz CT molecular complexity index is 898. The number of nitrogens with zero attached hydrogens (tertiary/aromatic N) is 4. The Morgan fingerprint density at radius 1 is 1.31 bits per heavy atom. The van der Waals surface area contributed by atoms with Crippen molar-refractivity contribution in [3.63, 3.8) is 0 Å². The Balaban J connectivity index is 1.66. The fourth-order valence-electron chi connectivity index (χ4n) is 2.25. The molecule has 0 saturated carbocycles. The van der Waals surface area contributed by atoms with E-state index >= 15 is 0 Å². The van der Waals surface area contributed by atoms with Gasteiger partial charge in [0.15, 0.2) is 0 Å². The van der Waals surface area contributed by atoms with E-state index in [0.717, 1.165) is 16.1 Å². The van der Waals surface area contributed by atoms with Gasteiger partial charge in [0.05, 0.1) is 23.1 Å². The Morgan fingerprint density at radius 2 is 2.12 bits per heavy atom. The molecule has 1 aromatic carbocycles. The van der Waals surface area contributed by atoms with Gasteiger partial charge in [-0.1, -0.05) is 35.5 Å². The van der Waals surface area contributed by atoms with Crippen LogP contribution in [0.3, 0.4) is 0 Å². The highest BCUT2D eigenvalue weighted by Crippen LogP contribution is 2.27. The predicted octanol–water partition coefficient (Wildman–Crippen LogP) is 4.15. The number of carbonyl (C=O) groups excluding carboxylic acids is 1. The predicted molar refractivity (Wildman–Crippen MR) is 102 cm³/mol. The first-order valence-electron chi connectivity index (χ1n) is 7.91. The first-order chi connectivity index (χ1) is 12.7. The van der Waals surface area contributed by atoms with Crippen LogP contribution >= 0.6 is 23.1 Å². The second-order valence-corrected chi connectivity index (χ2v) is 7.30. The molecule has 0 aliphatic heterocycles. The Morgan fingerprint density at radius 3 is 2.81 bits per heavy atom. The fourth-order valence-corrected chi connectivity index (χ4v) is 3.54. The van der Waals surface area contributed by atoms with E-state index in [1.807, 2.05) is 48.7 Å². The summed E-state index contributed by atoms with van der Waals surface area (Å²) in [4.78, 5) is 15.2. The first kappa shape index (κ1) is 18.2. The molecule has 2 heterocycles. The molecule has 1 amide bonds. The molecule has 26 heavy (non-hydrogen) atoms. The van der Waals surface area contributed by atoms with Crippen LogP contribution in [0.1, 0.15) is 12.0 Å². The van der Waals surface area contributed by atoms with Gasteiger partial charge in [0, 0.05) is 12.2 Å². The van der Waals surface area contributed by atoms with Crippen LogP contribution in [-0.4, -0.2) is 28.4 Å². The number of thiophene rings is 1. The van der Waals surface area contributed by atoms with Crippen LogP contribution in [0.25, 0.3) is 10.8 Å². The number of hydrogen-bond donors (Lipinski definition) is 0. The maximum Gasteiger partial charge on any atom is 0.277 e. The van der Waals surface area contributed by atoms with Gasteiger partial charge in [-0.2, -0.15) is 5.26 Å². The van der Waals surface area contributed by atoms with Gasteiger partial charge in [-0.05, 0) is 30.5 Å². The molecule has 0 aliphatic rings. The summed E-state index contributed by atoms with van der Waals surface area (Å²) in [6.07, 6.45) is 0.271. The monoisotopic (exact) mass is 384 g/mol. The summed E-state index contributed by atoms with van der Waals surface area (Å²) in [7, 11) is 0. The minimum absolute atomic E-state index is 0.107. The van der Waals surface area contributed by atoms with Crippen molar-refractivity contribution < 1.29 is 9.21 Å². The molecular weight excluding hydrogens is 368 g/mol. The topological polar surface area (TPSA) is 83.0 Å². The molecule has 0 N–H and O–H groups in total. The number of amides is 1. The van der Waals surface area contributed by atoms with E-state index in [-0.39, 0.29) is 18.1 Å². The summed E-state index contributed by atoms with van der Waals surface area (Å²) >= 11 is 2.71. The zero-order valence-electron chi connectivity index (χ0n) is 14.1. The summed E-state index contributed by atoms with van der Waals surface area (Å²) in [5.74, 6) is 0.505. The standard InChI is InChI=1S/C18H16N4O2S2/c1-13-5-7-14(8-6-13)22(10-3-9-19)16(23)12-26-18-21-20-17(24-18)15-4-2-11-25-15/h2,4-8,11H,3,10,12H2,1H3. The molecule has 0 fully saturated rings. The van der Waals surface area contributed by atoms with Gasteiger partial charge in [0.2, 0.25) is 5.91 Å². The average molecular weight is 384 g/mol. The molecule has 8 heteroatoms. The van der Waals surface area contributed by atoms with E-state index in [2.05, 4.69) is 16.3 Å². The van der Waals surface area contributed by atoms with Crippen molar-refractivity contribution >= 4 is 34.7 Å². The number of anilines is 1. The molecule has 0 spiro atoms. The van der Waals surface area contributed by atoms with Gasteiger partial charge >= 0.3 is 0 Å². The lowest BCUT2D eigenvalue weighted by Gasteiger charge is -2.21. The lowest BCUT2D eigenvalue weighted by atomic mass is 10.2. The van der Waals surface area contributed by atoms with Crippen LogP contribution in [0.15, 0.2) is 51.4 Å². The van der Waals surface area contributed by atoms with E-state index in [4.69, 9.17) is 9.68 Å². The molecule has 0 radical (unpaired) electrons. The normalized spacial score (nSPS) is 10.5. The highest BCUT2D eigenvalue weighted by Gasteiger charge is 2.18. The molecular formula is C18H16N4O2S2. The maximum atomic E-state index is 12.7. The smallest absolute Gasteiger partial charge is 0.277 e. The van der Waals surface area contributed by atoms with E-state index < -0.39 is 0 Å². The quantitative estimate of drug-likeness (QED) is 0.569. The second kappa shape index (κ2) is 8.65.